The number of fused-ring (bicyclic) bond motifs is 5. The summed E-state index contributed by atoms with van der Waals surface area (Å²) >= 11 is 0. The van der Waals surface area contributed by atoms with Crippen LogP contribution in [0.5, 0.6) is 0 Å². The molecule has 4 aliphatic rings. The van der Waals surface area contributed by atoms with E-state index in [9.17, 15) is 28.5 Å². The first kappa shape index (κ1) is 27.3. The summed E-state index contributed by atoms with van der Waals surface area (Å²) in [6, 6.07) is 0. The van der Waals surface area contributed by atoms with Crippen LogP contribution in [0.2, 0.25) is 0 Å². The molecule has 0 aromatic heterocycles. The third-order valence-electron chi connectivity index (χ3n) is 11.0. The monoisotopic (exact) mass is 515 g/mol. The Labute approximate surface area is 210 Å². The third-order valence-corrected chi connectivity index (χ3v) is 11.7. The van der Waals surface area contributed by atoms with Crippen LogP contribution in [0.25, 0.3) is 0 Å². The van der Waals surface area contributed by atoms with Crippen molar-refractivity contribution in [2.75, 3.05) is 12.3 Å². The quantitative estimate of drug-likeness (QED) is 0.327. The van der Waals surface area contributed by atoms with Crippen molar-refractivity contribution < 1.29 is 33.1 Å². The van der Waals surface area contributed by atoms with Gasteiger partial charge in [0, 0.05) is 6.54 Å². The molecule has 4 aliphatic carbocycles. The molecule has 11 atom stereocenters. The molecule has 0 heterocycles. The van der Waals surface area contributed by atoms with Gasteiger partial charge < -0.3 is 20.6 Å². The summed E-state index contributed by atoms with van der Waals surface area (Å²) in [5, 5.41) is 34.5. The van der Waals surface area contributed by atoms with Crippen molar-refractivity contribution in [3.05, 3.63) is 0 Å². The highest BCUT2D eigenvalue weighted by Crippen LogP contribution is 2.68. The number of hydrogen-bond acceptors (Lipinski definition) is 6. The van der Waals surface area contributed by atoms with E-state index in [4.69, 9.17) is 4.55 Å². The molecule has 0 aromatic rings. The molecule has 4 saturated carbocycles. The van der Waals surface area contributed by atoms with Crippen LogP contribution in [0.3, 0.4) is 0 Å². The van der Waals surface area contributed by atoms with Crippen molar-refractivity contribution in [1.29, 1.82) is 0 Å². The van der Waals surface area contributed by atoms with Crippen molar-refractivity contribution in [1.82, 2.24) is 5.32 Å². The average Bonchev–Trinajstić information content (AvgIpc) is 3.11. The van der Waals surface area contributed by atoms with Crippen LogP contribution in [0, 0.1) is 46.3 Å². The Morgan fingerprint density at radius 3 is 2.37 bits per heavy atom. The second-order valence-corrected chi connectivity index (χ2v) is 14.3. The standard InChI is InChI=1S/C26H45NO7S/c1-15(12-22(30)24(31)27-10-11-35(32,33)34)18-4-5-19-23-20(7-9-26(18,19)3)25(2)8-6-17(28)13-16(25)14-21(23)29/h15-23,28-30H,4-14H2,1-3H3,(H,27,31)(H,32,33,34)/t15-,16+,17-,18-,19+,20+,21-,22-,23+,25+,26-/m1/s1. The molecule has 5 N–H and O–H groups in total. The maximum Gasteiger partial charge on any atom is 0.266 e. The van der Waals surface area contributed by atoms with E-state index in [0.29, 0.717) is 30.1 Å². The van der Waals surface area contributed by atoms with Gasteiger partial charge in [-0.3, -0.25) is 9.35 Å². The minimum absolute atomic E-state index is 0.0557. The van der Waals surface area contributed by atoms with Crippen LogP contribution < -0.4 is 5.32 Å². The lowest BCUT2D eigenvalue weighted by molar-refractivity contribution is -0.174. The molecular weight excluding hydrogens is 470 g/mol. The smallest absolute Gasteiger partial charge is 0.266 e. The van der Waals surface area contributed by atoms with Gasteiger partial charge in [-0.2, -0.15) is 8.42 Å². The zero-order valence-electron chi connectivity index (χ0n) is 21.4. The molecule has 0 aliphatic heterocycles. The Balaban J connectivity index is 1.42. The summed E-state index contributed by atoms with van der Waals surface area (Å²) in [7, 11) is -4.16. The number of amides is 1. The predicted molar refractivity (Wildman–Crippen MR) is 132 cm³/mol. The van der Waals surface area contributed by atoms with Gasteiger partial charge in [0.2, 0.25) is 5.91 Å². The lowest BCUT2D eigenvalue weighted by Gasteiger charge is -2.62. The van der Waals surface area contributed by atoms with Gasteiger partial charge >= 0.3 is 0 Å². The summed E-state index contributed by atoms with van der Waals surface area (Å²) in [6.45, 7) is 6.62. The van der Waals surface area contributed by atoms with E-state index in [2.05, 4.69) is 26.1 Å². The van der Waals surface area contributed by atoms with E-state index in [0.717, 1.165) is 51.4 Å². The Morgan fingerprint density at radius 1 is 1.03 bits per heavy atom. The molecule has 0 aromatic carbocycles. The molecule has 4 fully saturated rings. The number of rotatable bonds is 7. The van der Waals surface area contributed by atoms with Crippen LogP contribution in [0.15, 0.2) is 0 Å². The summed E-state index contributed by atoms with van der Waals surface area (Å²) in [6.07, 6.45) is 6.25. The molecule has 4 rings (SSSR count). The van der Waals surface area contributed by atoms with Crippen LogP contribution in [-0.2, 0) is 14.9 Å². The molecule has 0 radical (unpaired) electrons. The molecule has 8 nitrogen and oxygen atoms in total. The van der Waals surface area contributed by atoms with Gasteiger partial charge in [0.25, 0.3) is 10.1 Å². The highest BCUT2D eigenvalue weighted by molar-refractivity contribution is 7.85. The fourth-order valence-corrected chi connectivity index (χ4v) is 9.58. The number of aliphatic hydroxyl groups excluding tert-OH is 3. The lowest BCUT2D eigenvalue weighted by Crippen LogP contribution is -2.58. The summed E-state index contributed by atoms with van der Waals surface area (Å²) in [4.78, 5) is 12.3. The number of aliphatic hydroxyl groups is 3. The lowest BCUT2D eigenvalue weighted by atomic mass is 9.43. The second kappa shape index (κ2) is 9.86. The van der Waals surface area contributed by atoms with Gasteiger partial charge in [0.15, 0.2) is 0 Å². The van der Waals surface area contributed by atoms with Gasteiger partial charge in [-0.1, -0.05) is 20.8 Å². The molecule has 1 amide bonds. The predicted octanol–water partition coefficient (Wildman–Crippen LogP) is 2.37. The van der Waals surface area contributed by atoms with Crippen molar-refractivity contribution >= 4 is 16.0 Å². The fourth-order valence-electron chi connectivity index (χ4n) is 9.22. The molecule has 0 bridgehead atoms. The van der Waals surface area contributed by atoms with Gasteiger partial charge in [0.1, 0.15) is 6.10 Å². The zero-order valence-corrected chi connectivity index (χ0v) is 22.2. The Morgan fingerprint density at radius 2 is 1.69 bits per heavy atom. The van der Waals surface area contributed by atoms with Gasteiger partial charge in [-0.15, -0.1) is 0 Å². The van der Waals surface area contributed by atoms with E-state index in [-0.39, 0.29) is 41.4 Å². The first-order valence-electron chi connectivity index (χ1n) is 13.5. The normalized spacial score (nSPS) is 45.1. The largest absolute Gasteiger partial charge is 0.393 e. The minimum atomic E-state index is -4.16. The molecule has 0 unspecified atom stereocenters. The Bertz CT molecular complexity index is 896. The average molecular weight is 516 g/mol. The highest BCUT2D eigenvalue weighted by Gasteiger charge is 2.62. The Kier molecular flexibility index (Phi) is 7.69. The van der Waals surface area contributed by atoms with Crippen LogP contribution in [0.1, 0.15) is 78.6 Å². The van der Waals surface area contributed by atoms with E-state index in [1.807, 2.05) is 0 Å². The number of carbonyl (C=O) groups excluding carboxylic acids is 1. The van der Waals surface area contributed by atoms with Crippen molar-refractivity contribution in [2.24, 2.45) is 46.3 Å². The SMILES string of the molecule is C[C@H](C[C@@H](O)C(=O)NCCS(=O)(=O)O)[C@H]1CC[C@H]2[C@@H]3[C@H](O)C[C@@H]4C[C@H](O)CC[C@]4(C)[C@H]3CC[C@]12C. The van der Waals surface area contributed by atoms with Crippen molar-refractivity contribution in [2.45, 2.75) is 96.9 Å². The van der Waals surface area contributed by atoms with Crippen molar-refractivity contribution in [3.8, 4) is 0 Å². The van der Waals surface area contributed by atoms with Crippen LogP contribution >= 0.6 is 0 Å². The maximum absolute atomic E-state index is 12.3. The Hall–Kier alpha value is -0.740. The van der Waals surface area contributed by atoms with Gasteiger partial charge in [0.05, 0.1) is 18.0 Å². The van der Waals surface area contributed by atoms with E-state index >= 15 is 0 Å². The van der Waals surface area contributed by atoms with E-state index in [1.165, 1.54) is 0 Å². The molecule has 202 valence electrons. The van der Waals surface area contributed by atoms with Crippen LogP contribution in [0.4, 0.5) is 0 Å². The number of hydrogen-bond donors (Lipinski definition) is 5. The third kappa shape index (κ3) is 5.17. The second-order valence-electron chi connectivity index (χ2n) is 12.8. The van der Waals surface area contributed by atoms with E-state index < -0.39 is 27.9 Å². The summed E-state index contributed by atoms with van der Waals surface area (Å²) in [5.41, 5.74) is 0.241. The molecule has 9 heteroatoms. The fraction of sp³-hybridized carbons (Fsp3) is 0.962. The maximum atomic E-state index is 12.3. The van der Waals surface area contributed by atoms with E-state index in [1.54, 1.807) is 0 Å². The molecule has 35 heavy (non-hydrogen) atoms. The van der Waals surface area contributed by atoms with Gasteiger partial charge in [-0.05, 0) is 104 Å². The molecule has 0 spiro atoms. The minimum Gasteiger partial charge on any atom is -0.393 e. The molecular formula is C26H45NO7S. The van der Waals surface area contributed by atoms with Crippen LogP contribution in [-0.4, -0.2) is 64.8 Å². The number of nitrogens with one attached hydrogen (secondary N) is 1. The van der Waals surface area contributed by atoms with Gasteiger partial charge in [-0.25, -0.2) is 0 Å². The van der Waals surface area contributed by atoms with Crippen molar-refractivity contribution in [3.63, 3.8) is 0 Å². The summed E-state index contributed by atoms with van der Waals surface area (Å²) in [5.74, 6) is 0.840. The zero-order chi connectivity index (χ0) is 25.8. The first-order chi connectivity index (χ1) is 16.3. The topological polar surface area (TPSA) is 144 Å². The first-order valence-corrected chi connectivity index (χ1v) is 15.1. The number of carbonyl (C=O) groups is 1. The highest BCUT2D eigenvalue weighted by atomic mass is 32.2. The summed E-state index contributed by atoms with van der Waals surface area (Å²) < 4.78 is 30.5. The molecule has 0 saturated heterocycles.